The van der Waals surface area contributed by atoms with Crippen LogP contribution in [-0.2, 0) is 4.79 Å². The average molecular weight is 316 g/mol. The number of hydrogen-bond acceptors (Lipinski definition) is 3. The van der Waals surface area contributed by atoms with E-state index in [4.69, 9.17) is 4.42 Å². The van der Waals surface area contributed by atoms with Crippen LogP contribution in [0.3, 0.4) is 0 Å². The number of likely N-dealkylation sites (tertiary alicyclic amines) is 1. The van der Waals surface area contributed by atoms with Gasteiger partial charge in [0.05, 0.1) is 12.2 Å². The molecule has 1 atom stereocenters. The van der Waals surface area contributed by atoms with E-state index in [0.717, 1.165) is 6.42 Å². The number of carbonyl (C=O) groups is 2. The highest BCUT2D eigenvalue weighted by molar-refractivity contribution is 5.95. The lowest BCUT2D eigenvalue weighted by atomic mass is 9.96. The Hall–Kier alpha value is -2.63. The fourth-order valence-electron chi connectivity index (χ4n) is 2.74. The molecule has 3 rings (SSSR count). The molecule has 1 aromatic carbocycles. The largest absolute Gasteiger partial charge is 0.459 e. The summed E-state index contributed by atoms with van der Waals surface area (Å²) >= 11 is 0. The summed E-state index contributed by atoms with van der Waals surface area (Å²) in [7, 11) is 0. The highest BCUT2D eigenvalue weighted by Crippen LogP contribution is 2.21. The van der Waals surface area contributed by atoms with E-state index < -0.39 is 5.82 Å². The first kappa shape index (κ1) is 15.3. The van der Waals surface area contributed by atoms with Crippen molar-refractivity contribution in [2.75, 3.05) is 18.4 Å². The molecular weight excluding hydrogens is 299 g/mol. The van der Waals surface area contributed by atoms with Gasteiger partial charge in [0.15, 0.2) is 5.76 Å². The molecule has 2 amide bonds. The molecule has 1 N–H and O–H groups in total. The third-order valence-corrected chi connectivity index (χ3v) is 3.90. The predicted molar refractivity (Wildman–Crippen MR) is 82.4 cm³/mol. The van der Waals surface area contributed by atoms with Gasteiger partial charge in [-0.15, -0.1) is 0 Å². The number of halogens is 1. The molecule has 1 saturated heterocycles. The van der Waals surface area contributed by atoms with Crippen molar-refractivity contribution in [1.29, 1.82) is 0 Å². The Morgan fingerprint density at radius 3 is 2.87 bits per heavy atom. The standard InChI is InChI=1S/C17H17FN2O3/c18-13-5-1-6-14(10-13)19-16(21)12-4-2-8-20(11-12)17(22)15-7-3-9-23-15/h1,3,5-7,9-10,12H,2,4,8,11H2,(H,19,21)/t12-/m1/s1. The van der Waals surface area contributed by atoms with Crippen LogP contribution in [0.2, 0.25) is 0 Å². The van der Waals surface area contributed by atoms with Gasteiger partial charge in [-0.05, 0) is 43.2 Å². The second-order valence-corrected chi connectivity index (χ2v) is 5.57. The van der Waals surface area contributed by atoms with Crippen LogP contribution in [0.1, 0.15) is 23.4 Å². The van der Waals surface area contributed by atoms with Gasteiger partial charge in [0.1, 0.15) is 5.82 Å². The lowest BCUT2D eigenvalue weighted by Crippen LogP contribution is -2.43. The van der Waals surface area contributed by atoms with Crippen LogP contribution in [0.25, 0.3) is 0 Å². The molecule has 0 spiro atoms. The van der Waals surface area contributed by atoms with Crippen LogP contribution in [0.4, 0.5) is 10.1 Å². The Morgan fingerprint density at radius 2 is 2.13 bits per heavy atom. The first-order valence-electron chi connectivity index (χ1n) is 7.52. The third kappa shape index (κ3) is 3.59. The van der Waals surface area contributed by atoms with Crippen LogP contribution in [0.15, 0.2) is 47.1 Å². The van der Waals surface area contributed by atoms with Gasteiger partial charge in [0.2, 0.25) is 5.91 Å². The number of amides is 2. The Kier molecular flexibility index (Phi) is 4.41. The molecule has 1 aliphatic rings. The molecule has 0 radical (unpaired) electrons. The Labute approximate surface area is 133 Å². The fraction of sp³-hybridized carbons (Fsp3) is 0.294. The van der Waals surface area contributed by atoms with Gasteiger partial charge in [-0.1, -0.05) is 6.07 Å². The minimum atomic E-state index is -0.402. The first-order valence-corrected chi connectivity index (χ1v) is 7.52. The summed E-state index contributed by atoms with van der Waals surface area (Å²) < 4.78 is 18.3. The number of benzene rings is 1. The van der Waals surface area contributed by atoms with Gasteiger partial charge >= 0.3 is 0 Å². The second kappa shape index (κ2) is 6.64. The van der Waals surface area contributed by atoms with Crippen LogP contribution in [0, 0.1) is 11.7 Å². The third-order valence-electron chi connectivity index (χ3n) is 3.90. The van der Waals surface area contributed by atoms with E-state index in [-0.39, 0.29) is 23.5 Å². The molecule has 1 aromatic heterocycles. The molecule has 0 unspecified atom stereocenters. The number of piperidine rings is 1. The van der Waals surface area contributed by atoms with Crippen molar-refractivity contribution in [2.45, 2.75) is 12.8 Å². The highest BCUT2D eigenvalue weighted by atomic mass is 19.1. The maximum absolute atomic E-state index is 13.2. The first-order chi connectivity index (χ1) is 11.1. The number of hydrogen-bond donors (Lipinski definition) is 1. The van der Waals surface area contributed by atoms with Crippen molar-refractivity contribution in [2.24, 2.45) is 5.92 Å². The number of anilines is 1. The summed E-state index contributed by atoms with van der Waals surface area (Å²) in [5.74, 6) is -0.853. The predicted octanol–water partition coefficient (Wildman–Crippen LogP) is 2.91. The summed E-state index contributed by atoms with van der Waals surface area (Å²) in [4.78, 5) is 26.2. The SMILES string of the molecule is O=C(Nc1cccc(F)c1)[C@@H]1CCCN(C(=O)c2ccco2)C1. The molecule has 5 nitrogen and oxygen atoms in total. The number of carbonyl (C=O) groups excluding carboxylic acids is 2. The maximum Gasteiger partial charge on any atom is 0.289 e. The summed E-state index contributed by atoms with van der Waals surface area (Å²) in [5.41, 5.74) is 0.421. The number of rotatable bonds is 3. The van der Waals surface area contributed by atoms with E-state index in [1.54, 1.807) is 29.2 Å². The van der Waals surface area contributed by atoms with Crippen LogP contribution >= 0.6 is 0 Å². The quantitative estimate of drug-likeness (QED) is 0.947. The highest BCUT2D eigenvalue weighted by Gasteiger charge is 2.29. The molecule has 2 heterocycles. The van der Waals surface area contributed by atoms with E-state index in [1.165, 1.54) is 18.4 Å². The summed E-state index contributed by atoms with van der Waals surface area (Å²) in [5, 5.41) is 2.71. The number of nitrogens with one attached hydrogen (secondary N) is 1. The van der Waals surface area contributed by atoms with Crippen molar-refractivity contribution in [1.82, 2.24) is 4.90 Å². The molecule has 1 fully saturated rings. The van der Waals surface area contributed by atoms with Crippen molar-refractivity contribution in [3.05, 3.63) is 54.2 Å². The molecule has 0 saturated carbocycles. The van der Waals surface area contributed by atoms with E-state index in [1.807, 2.05) is 0 Å². The van der Waals surface area contributed by atoms with E-state index in [9.17, 15) is 14.0 Å². The number of nitrogens with zero attached hydrogens (tertiary/aromatic N) is 1. The lowest BCUT2D eigenvalue weighted by Gasteiger charge is -2.31. The zero-order valence-corrected chi connectivity index (χ0v) is 12.5. The van der Waals surface area contributed by atoms with E-state index in [0.29, 0.717) is 25.2 Å². The zero-order chi connectivity index (χ0) is 16.2. The Bertz CT molecular complexity index is 700. The van der Waals surface area contributed by atoms with Crippen molar-refractivity contribution >= 4 is 17.5 Å². The average Bonchev–Trinajstić information content (AvgIpc) is 3.09. The minimum absolute atomic E-state index is 0.201. The number of furan rings is 1. The molecule has 6 heteroatoms. The summed E-state index contributed by atoms with van der Waals surface area (Å²) in [6.45, 7) is 0.934. The molecule has 0 aliphatic carbocycles. The van der Waals surface area contributed by atoms with Crippen LogP contribution in [-0.4, -0.2) is 29.8 Å². The monoisotopic (exact) mass is 316 g/mol. The van der Waals surface area contributed by atoms with Crippen molar-refractivity contribution in [3.63, 3.8) is 0 Å². The summed E-state index contributed by atoms with van der Waals surface area (Å²) in [6.07, 6.45) is 2.89. The van der Waals surface area contributed by atoms with Gasteiger partial charge < -0.3 is 14.6 Å². The minimum Gasteiger partial charge on any atom is -0.459 e. The Balaban J connectivity index is 1.64. The van der Waals surface area contributed by atoms with Crippen LogP contribution in [0.5, 0.6) is 0 Å². The molecular formula is C17H17FN2O3. The topological polar surface area (TPSA) is 62.6 Å². The normalized spacial score (nSPS) is 17.8. The van der Waals surface area contributed by atoms with Gasteiger partial charge in [-0.3, -0.25) is 9.59 Å². The van der Waals surface area contributed by atoms with Crippen molar-refractivity contribution < 1.29 is 18.4 Å². The van der Waals surface area contributed by atoms with Crippen LogP contribution < -0.4 is 5.32 Å². The van der Waals surface area contributed by atoms with Gasteiger partial charge in [0, 0.05) is 18.8 Å². The molecule has 2 aromatic rings. The second-order valence-electron chi connectivity index (χ2n) is 5.57. The molecule has 120 valence electrons. The smallest absolute Gasteiger partial charge is 0.289 e. The Morgan fingerprint density at radius 1 is 1.26 bits per heavy atom. The van der Waals surface area contributed by atoms with E-state index >= 15 is 0 Å². The molecule has 1 aliphatic heterocycles. The lowest BCUT2D eigenvalue weighted by molar-refractivity contribution is -0.121. The van der Waals surface area contributed by atoms with Gasteiger partial charge in [0.25, 0.3) is 5.91 Å². The van der Waals surface area contributed by atoms with E-state index in [2.05, 4.69) is 5.32 Å². The summed E-state index contributed by atoms with van der Waals surface area (Å²) in [6, 6.07) is 9.03. The van der Waals surface area contributed by atoms with Crippen molar-refractivity contribution in [3.8, 4) is 0 Å². The molecule has 0 bridgehead atoms. The molecule has 23 heavy (non-hydrogen) atoms. The van der Waals surface area contributed by atoms with Gasteiger partial charge in [-0.25, -0.2) is 4.39 Å². The maximum atomic E-state index is 13.2. The van der Waals surface area contributed by atoms with Gasteiger partial charge in [-0.2, -0.15) is 0 Å². The zero-order valence-electron chi connectivity index (χ0n) is 12.5. The fourth-order valence-corrected chi connectivity index (χ4v) is 2.74.